The van der Waals surface area contributed by atoms with Crippen molar-refractivity contribution < 1.29 is 24.9 Å². The number of hydrogen-bond donors (Lipinski definition) is 3. The molecular formula is C10H20O5. The van der Waals surface area contributed by atoms with Gasteiger partial charge in [0, 0.05) is 0 Å². The fourth-order valence-electron chi connectivity index (χ4n) is 0.964. The maximum atomic E-state index is 11.3. The summed E-state index contributed by atoms with van der Waals surface area (Å²) in [6.07, 6.45) is -0.878. The molecule has 0 aromatic carbocycles. The van der Waals surface area contributed by atoms with Gasteiger partial charge in [0.2, 0.25) is 0 Å². The largest absolute Gasteiger partial charge is 0.456 e. The first-order valence-corrected chi connectivity index (χ1v) is 4.97. The molecule has 0 rings (SSSR count). The minimum atomic E-state index is -2.83. The highest BCUT2D eigenvalue weighted by Gasteiger charge is 2.44. The predicted octanol–water partition coefficient (Wildman–Crippen LogP) is 0.170. The molecule has 1 atom stereocenters. The van der Waals surface area contributed by atoms with E-state index in [0.717, 1.165) is 0 Å². The van der Waals surface area contributed by atoms with Gasteiger partial charge in [-0.25, -0.2) is 4.79 Å². The Labute approximate surface area is 89.7 Å². The van der Waals surface area contributed by atoms with Crippen LogP contribution in [0.5, 0.6) is 0 Å². The zero-order valence-corrected chi connectivity index (χ0v) is 9.65. The van der Waals surface area contributed by atoms with Crippen molar-refractivity contribution in [1.29, 1.82) is 0 Å². The van der Waals surface area contributed by atoms with E-state index in [-0.39, 0.29) is 6.42 Å². The maximum Gasteiger partial charge on any atom is 0.369 e. The van der Waals surface area contributed by atoms with E-state index in [1.54, 1.807) is 27.7 Å². The predicted molar refractivity (Wildman–Crippen MR) is 53.9 cm³/mol. The van der Waals surface area contributed by atoms with Crippen LogP contribution in [-0.4, -0.2) is 38.8 Å². The first-order chi connectivity index (χ1) is 6.61. The summed E-state index contributed by atoms with van der Waals surface area (Å²) in [7, 11) is 0. The summed E-state index contributed by atoms with van der Waals surface area (Å²) in [5, 5.41) is 28.1. The highest BCUT2D eigenvalue weighted by Crippen LogP contribution is 2.18. The van der Waals surface area contributed by atoms with Crippen LogP contribution in [0.3, 0.4) is 0 Å². The molecule has 15 heavy (non-hydrogen) atoms. The Kier molecular flexibility index (Phi) is 4.70. The van der Waals surface area contributed by atoms with Crippen molar-refractivity contribution in [1.82, 2.24) is 0 Å². The van der Waals surface area contributed by atoms with E-state index < -0.39 is 23.5 Å². The molecule has 0 saturated carbocycles. The summed E-state index contributed by atoms with van der Waals surface area (Å²) in [4.78, 5) is 11.3. The lowest BCUT2D eigenvalue weighted by molar-refractivity contribution is -0.248. The van der Waals surface area contributed by atoms with Crippen molar-refractivity contribution in [3.8, 4) is 0 Å². The molecule has 0 saturated heterocycles. The van der Waals surface area contributed by atoms with Gasteiger partial charge < -0.3 is 20.1 Å². The summed E-state index contributed by atoms with van der Waals surface area (Å²) in [5.41, 5.74) is -0.820. The van der Waals surface area contributed by atoms with Gasteiger partial charge in [-0.05, 0) is 27.2 Å². The molecule has 0 bridgehead atoms. The van der Waals surface area contributed by atoms with Crippen LogP contribution in [0.4, 0.5) is 0 Å². The average molecular weight is 220 g/mol. The Bertz CT molecular complexity index is 216. The van der Waals surface area contributed by atoms with E-state index in [0.29, 0.717) is 6.42 Å². The van der Waals surface area contributed by atoms with Gasteiger partial charge in [-0.1, -0.05) is 13.3 Å². The molecule has 5 heteroatoms. The SMILES string of the molecule is CCCC(O)C(O)(O)C(=O)OC(C)(C)C. The average Bonchev–Trinajstić information content (AvgIpc) is 2.01. The molecule has 0 aliphatic rings. The molecule has 0 radical (unpaired) electrons. The summed E-state index contributed by atoms with van der Waals surface area (Å²) in [6, 6.07) is 0. The van der Waals surface area contributed by atoms with Crippen molar-refractivity contribution in [2.75, 3.05) is 0 Å². The van der Waals surface area contributed by atoms with Gasteiger partial charge in [-0.2, -0.15) is 0 Å². The summed E-state index contributed by atoms with van der Waals surface area (Å²) in [6.45, 7) is 6.57. The number of aliphatic hydroxyl groups is 3. The fraction of sp³-hybridized carbons (Fsp3) is 0.900. The van der Waals surface area contributed by atoms with E-state index in [9.17, 15) is 20.1 Å². The van der Waals surface area contributed by atoms with Crippen LogP contribution >= 0.6 is 0 Å². The molecule has 0 spiro atoms. The number of aliphatic hydroxyl groups excluding tert-OH is 1. The van der Waals surface area contributed by atoms with Crippen LogP contribution < -0.4 is 0 Å². The number of carbonyl (C=O) groups excluding carboxylic acids is 1. The number of esters is 1. The van der Waals surface area contributed by atoms with Crippen molar-refractivity contribution in [3.05, 3.63) is 0 Å². The number of ether oxygens (including phenoxy) is 1. The third-order valence-electron chi connectivity index (χ3n) is 1.73. The Hall–Kier alpha value is -0.650. The Morgan fingerprint density at radius 1 is 1.33 bits per heavy atom. The second kappa shape index (κ2) is 4.92. The molecule has 0 fully saturated rings. The number of carbonyl (C=O) groups is 1. The minimum absolute atomic E-state index is 0.117. The van der Waals surface area contributed by atoms with Crippen LogP contribution in [0.25, 0.3) is 0 Å². The Morgan fingerprint density at radius 3 is 2.13 bits per heavy atom. The lowest BCUT2D eigenvalue weighted by atomic mass is 10.1. The summed E-state index contributed by atoms with van der Waals surface area (Å²) < 4.78 is 4.77. The third kappa shape index (κ3) is 4.59. The quantitative estimate of drug-likeness (QED) is 0.464. The van der Waals surface area contributed by atoms with Gasteiger partial charge in [-0.3, -0.25) is 0 Å². The first kappa shape index (κ1) is 14.3. The molecular weight excluding hydrogens is 200 g/mol. The molecule has 3 N–H and O–H groups in total. The van der Waals surface area contributed by atoms with Crippen LogP contribution in [0.15, 0.2) is 0 Å². The van der Waals surface area contributed by atoms with E-state index in [4.69, 9.17) is 4.74 Å². The smallest absolute Gasteiger partial charge is 0.369 e. The molecule has 0 aliphatic carbocycles. The molecule has 1 unspecified atom stereocenters. The normalized spacial score (nSPS) is 14.9. The summed E-state index contributed by atoms with van der Waals surface area (Å²) >= 11 is 0. The zero-order valence-electron chi connectivity index (χ0n) is 9.65. The van der Waals surface area contributed by atoms with Crippen LogP contribution in [0.1, 0.15) is 40.5 Å². The molecule has 0 aromatic rings. The third-order valence-corrected chi connectivity index (χ3v) is 1.73. The van der Waals surface area contributed by atoms with E-state index in [2.05, 4.69) is 0 Å². The van der Waals surface area contributed by atoms with Gasteiger partial charge in [0.1, 0.15) is 11.7 Å². The van der Waals surface area contributed by atoms with Gasteiger partial charge >= 0.3 is 5.97 Å². The molecule has 90 valence electrons. The fourth-order valence-corrected chi connectivity index (χ4v) is 0.964. The lowest BCUT2D eigenvalue weighted by Crippen LogP contribution is -2.52. The van der Waals surface area contributed by atoms with Crippen molar-refractivity contribution in [3.63, 3.8) is 0 Å². The topological polar surface area (TPSA) is 87.0 Å². The highest BCUT2D eigenvalue weighted by molar-refractivity contribution is 5.78. The van der Waals surface area contributed by atoms with Gasteiger partial charge in [0.25, 0.3) is 5.79 Å². The van der Waals surface area contributed by atoms with Crippen molar-refractivity contribution >= 4 is 5.97 Å². The Balaban J connectivity index is 4.51. The second-order valence-electron chi connectivity index (χ2n) is 4.53. The first-order valence-electron chi connectivity index (χ1n) is 4.97. The minimum Gasteiger partial charge on any atom is -0.456 e. The lowest BCUT2D eigenvalue weighted by Gasteiger charge is -2.29. The van der Waals surface area contributed by atoms with Gasteiger partial charge in [-0.15, -0.1) is 0 Å². The Morgan fingerprint density at radius 2 is 1.80 bits per heavy atom. The van der Waals surface area contributed by atoms with Gasteiger partial charge in [0.15, 0.2) is 0 Å². The number of rotatable bonds is 4. The van der Waals surface area contributed by atoms with E-state index in [1.165, 1.54) is 0 Å². The molecule has 0 heterocycles. The molecule has 5 nitrogen and oxygen atoms in total. The van der Waals surface area contributed by atoms with Gasteiger partial charge in [0.05, 0.1) is 0 Å². The standard InChI is InChI=1S/C10H20O5/c1-5-6-7(11)10(13,14)8(12)15-9(2,3)4/h7,11,13-14H,5-6H2,1-4H3. The maximum absolute atomic E-state index is 11.3. The highest BCUT2D eigenvalue weighted by atomic mass is 16.6. The second-order valence-corrected chi connectivity index (χ2v) is 4.53. The molecule has 0 aromatic heterocycles. The number of hydrogen-bond acceptors (Lipinski definition) is 5. The monoisotopic (exact) mass is 220 g/mol. The summed E-state index contributed by atoms with van der Waals surface area (Å²) in [5.74, 6) is -4.06. The van der Waals surface area contributed by atoms with Crippen molar-refractivity contribution in [2.24, 2.45) is 0 Å². The molecule has 0 aliphatic heterocycles. The van der Waals surface area contributed by atoms with E-state index >= 15 is 0 Å². The van der Waals surface area contributed by atoms with Crippen LogP contribution in [0, 0.1) is 0 Å². The zero-order chi connectivity index (χ0) is 12.3. The van der Waals surface area contributed by atoms with Crippen LogP contribution in [-0.2, 0) is 9.53 Å². The molecule has 0 amide bonds. The van der Waals surface area contributed by atoms with Crippen LogP contribution in [0.2, 0.25) is 0 Å². The van der Waals surface area contributed by atoms with E-state index in [1.807, 2.05) is 0 Å². The van der Waals surface area contributed by atoms with Crippen molar-refractivity contribution in [2.45, 2.75) is 58.0 Å².